The van der Waals surface area contributed by atoms with E-state index in [2.05, 4.69) is 5.32 Å². The van der Waals surface area contributed by atoms with Crippen LogP contribution in [0.15, 0.2) is 63.8 Å². The number of benzene rings is 2. The summed E-state index contributed by atoms with van der Waals surface area (Å²) < 4.78 is 16.2. The first-order valence-corrected chi connectivity index (χ1v) is 8.68. The van der Waals surface area contributed by atoms with E-state index in [0.717, 1.165) is 16.7 Å². The minimum Gasteiger partial charge on any atom is -0.491 e. The monoisotopic (exact) mass is 367 g/mol. The Morgan fingerprint density at radius 2 is 1.74 bits per heavy atom. The van der Waals surface area contributed by atoms with Crippen molar-refractivity contribution in [3.63, 3.8) is 0 Å². The molecule has 0 bridgehead atoms. The van der Waals surface area contributed by atoms with Crippen molar-refractivity contribution in [3.8, 4) is 11.5 Å². The molecule has 0 aliphatic carbocycles. The van der Waals surface area contributed by atoms with Gasteiger partial charge in [-0.3, -0.25) is 4.79 Å². The molecule has 6 heteroatoms. The largest absolute Gasteiger partial charge is 0.491 e. The maximum Gasteiger partial charge on any atom is 0.336 e. The third-order valence-electron chi connectivity index (χ3n) is 3.75. The van der Waals surface area contributed by atoms with Crippen molar-refractivity contribution in [1.82, 2.24) is 5.32 Å². The first-order valence-electron chi connectivity index (χ1n) is 8.68. The molecule has 0 aliphatic heterocycles. The molecule has 1 amide bonds. The van der Waals surface area contributed by atoms with Gasteiger partial charge < -0.3 is 19.2 Å². The molecule has 140 valence electrons. The first kappa shape index (κ1) is 18.5. The Hall–Kier alpha value is -3.28. The van der Waals surface area contributed by atoms with Crippen LogP contribution in [0.25, 0.3) is 11.0 Å². The third kappa shape index (κ3) is 5.34. The molecule has 0 radical (unpaired) electrons. The number of ether oxygens (including phenoxy) is 2. The average Bonchev–Trinajstić information content (AvgIpc) is 2.65. The van der Waals surface area contributed by atoms with Gasteiger partial charge >= 0.3 is 5.63 Å². The lowest BCUT2D eigenvalue weighted by atomic mass is 10.2. The molecule has 0 aliphatic rings. The van der Waals surface area contributed by atoms with Gasteiger partial charge in [0.25, 0.3) is 5.91 Å². The number of nitrogens with one attached hydrogen (secondary N) is 1. The van der Waals surface area contributed by atoms with Crippen LogP contribution < -0.4 is 20.4 Å². The fraction of sp³-hybridized carbons (Fsp3) is 0.238. The number of amides is 1. The van der Waals surface area contributed by atoms with Gasteiger partial charge in [0.2, 0.25) is 0 Å². The highest BCUT2D eigenvalue weighted by molar-refractivity contribution is 5.79. The molecular formula is C21H21NO5. The van der Waals surface area contributed by atoms with E-state index in [1.54, 1.807) is 24.3 Å². The fourth-order valence-corrected chi connectivity index (χ4v) is 2.49. The fourth-order valence-electron chi connectivity index (χ4n) is 2.49. The number of hydrogen-bond acceptors (Lipinski definition) is 5. The van der Waals surface area contributed by atoms with Crippen LogP contribution in [0.2, 0.25) is 0 Å². The summed E-state index contributed by atoms with van der Waals surface area (Å²) in [6.45, 7) is 4.21. The number of fused-ring (bicyclic) bond motifs is 1. The molecule has 1 aromatic heterocycles. The van der Waals surface area contributed by atoms with Gasteiger partial charge in [0.15, 0.2) is 6.61 Å². The van der Waals surface area contributed by atoms with E-state index >= 15 is 0 Å². The van der Waals surface area contributed by atoms with Gasteiger partial charge in [0.1, 0.15) is 17.1 Å². The van der Waals surface area contributed by atoms with Crippen LogP contribution >= 0.6 is 0 Å². The Bertz CT molecular complexity index is 976. The van der Waals surface area contributed by atoms with Crippen LogP contribution in [0, 0.1) is 0 Å². The van der Waals surface area contributed by atoms with Gasteiger partial charge in [0.05, 0.1) is 6.10 Å². The summed E-state index contributed by atoms with van der Waals surface area (Å²) in [7, 11) is 0. The predicted molar refractivity (Wildman–Crippen MR) is 102 cm³/mol. The molecule has 0 saturated carbocycles. The summed E-state index contributed by atoms with van der Waals surface area (Å²) in [5.41, 5.74) is 0.957. The van der Waals surface area contributed by atoms with E-state index in [1.807, 2.05) is 38.1 Å². The molecule has 0 saturated heterocycles. The normalized spacial score (nSPS) is 10.8. The van der Waals surface area contributed by atoms with Crippen molar-refractivity contribution in [1.29, 1.82) is 0 Å². The third-order valence-corrected chi connectivity index (χ3v) is 3.75. The topological polar surface area (TPSA) is 77.8 Å². The number of rotatable bonds is 7. The summed E-state index contributed by atoms with van der Waals surface area (Å²) in [5, 5.41) is 3.59. The number of hydrogen-bond donors (Lipinski definition) is 1. The second-order valence-electron chi connectivity index (χ2n) is 6.33. The molecule has 0 atom stereocenters. The van der Waals surface area contributed by atoms with Crippen molar-refractivity contribution in [2.24, 2.45) is 0 Å². The van der Waals surface area contributed by atoms with Crippen molar-refractivity contribution in [2.75, 3.05) is 6.61 Å². The Kier molecular flexibility index (Phi) is 5.76. The minimum absolute atomic E-state index is 0.121. The summed E-state index contributed by atoms with van der Waals surface area (Å²) >= 11 is 0. The van der Waals surface area contributed by atoms with Gasteiger partial charge in [0, 0.05) is 24.1 Å². The van der Waals surface area contributed by atoms with Gasteiger partial charge in [-0.05, 0) is 49.7 Å². The Morgan fingerprint density at radius 1 is 1.04 bits per heavy atom. The molecule has 3 aromatic rings. The molecule has 0 spiro atoms. The minimum atomic E-state index is -0.429. The van der Waals surface area contributed by atoms with E-state index in [0.29, 0.717) is 17.9 Å². The lowest BCUT2D eigenvalue weighted by Crippen LogP contribution is -2.28. The van der Waals surface area contributed by atoms with E-state index < -0.39 is 5.63 Å². The zero-order chi connectivity index (χ0) is 19.2. The van der Waals surface area contributed by atoms with Crippen LogP contribution in [0.5, 0.6) is 11.5 Å². The molecule has 2 aromatic carbocycles. The van der Waals surface area contributed by atoms with Crippen molar-refractivity contribution in [2.45, 2.75) is 26.5 Å². The summed E-state index contributed by atoms with van der Waals surface area (Å²) in [6, 6.07) is 15.7. The quantitative estimate of drug-likeness (QED) is 0.649. The molecule has 0 fully saturated rings. The molecule has 0 unspecified atom stereocenters. The molecule has 1 N–H and O–H groups in total. The van der Waals surface area contributed by atoms with Crippen molar-refractivity contribution < 1.29 is 18.7 Å². The maximum atomic E-state index is 12.0. The van der Waals surface area contributed by atoms with E-state index in [9.17, 15) is 9.59 Å². The van der Waals surface area contributed by atoms with Gasteiger partial charge in [-0.1, -0.05) is 12.1 Å². The highest BCUT2D eigenvalue weighted by Crippen LogP contribution is 2.19. The van der Waals surface area contributed by atoms with Gasteiger partial charge in [-0.25, -0.2) is 4.79 Å². The SMILES string of the molecule is CC(C)Oc1ccc(CNC(=O)COc2ccc3ccc(=O)oc3c2)cc1. The Labute approximate surface area is 156 Å². The van der Waals surface area contributed by atoms with Crippen LogP contribution in [0.3, 0.4) is 0 Å². The summed E-state index contributed by atoms with van der Waals surface area (Å²) in [4.78, 5) is 23.3. The lowest BCUT2D eigenvalue weighted by molar-refractivity contribution is -0.123. The van der Waals surface area contributed by atoms with E-state index in [4.69, 9.17) is 13.9 Å². The lowest BCUT2D eigenvalue weighted by Gasteiger charge is -2.11. The maximum absolute atomic E-state index is 12.0. The van der Waals surface area contributed by atoms with Crippen LogP contribution in [-0.2, 0) is 11.3 Å². The van der Waals surface area contributed by atoms with E-state index in [1.165, 1.54) is 6.07 Å². The standard InChI is InChI=1S/C21H21NO5/c1-14(2)26-17-7-3-15(4-8-17)12-22-20(23)13-25-18-9-5-16-6-10-21(24)27-19(16)11-18/h3-11,14H,12-13H2,1-2H3,(H,22,23). The molecule has 3 rings (SSSR count). The molecule has 27 heavy (non-hydrogen) atoms. The van der Waals surface area contributed by atoms with Crippen LogP contribution in [-0.4, -0.2) is 18.6 Å². The zero-order valence-corrected chi connectivity index (χ0v) is 15.2. The van der Waals surface area contributed by atoms with Crippen molar-refractivity contribution in [3.05, 3.63) is 70.6 Å². The van der Waals surface area contributed by atoms with Gasteiger partial charge in [-0.15, -0.1) is 0 Å². The average molecular weight is 367 g/mol. The second-order valence-corrected chi connectivity index (χ2v) is 6.33. The van der Waals surface area contributed by atoms with E-state index in [-0.39, 0.29) is 18.6 Å². The molecule has 6 nitrogen and oxygen atoms in total. The zero-order valence-electron chi connectivity index (χ0n) is 15.2. The highest BCUT2D eigenvalue weighted by Gasteiger charge is 2.05. The van der Waals surface area contributed by atoms with Crippen molar-refractivity contribution >= 4 is 16.9 Å². The summed E-state index contributed by atoms with van der Waals surface area (Å²) in [6.07, 6.45) is 0.121. The number of carbonyl (C=O) groups excluding carboxylic acids is 1. The first-order chi connectivity index (χ1) is 13.0. The molecule has 1 heterocycles. The second kappa shape index (κ2) is 8.40. The summed E-state index contributed by atoms with van der Waals surface area (Å²) in [5.74, 6) is 1.01. The Balaban J connectivity index is 1.50. The Morgan fingerprint density at radius 3 is 2.48 bits per heavy atom. The van der Waals surface area contributed by atoms with Gasteiger partial charge in [-0.2, -0.15) is 0 Å². The molecular weight excluding hydrogens is 346 g/mol. The number of carbonyl (C=O) groups is 1. The van der Waals surface area contributed by atoms with Crippen LogP contribution in [0.4, 0.5) is 0 Å². The highest BCUT2D eigenvalue weighted by atomic mass is 16.5. The smallest absolute Gasteiger partial charge is 0.336 e. The van der Waals surface area contributed by atoms with Crippen LogP contribution in [0.1, 0.15) is 19.4 Å². The predicted octanol–water partition coefficient (Wildman–Crippen LogP) is 3.28.